The highest BCUT2D eigenvalue weighted by Gasteiger charge is 2.26. The molecule has 11 nitrogen and oxygen atoms in total. The molecule has 8 aromatic rings. The molecule has 0 aliphatic rings. The number of nitrogens with one attached hydrogen (secondary N) is 2. The lowest BCUT2D eigenvalue weighted by Crippen LogP contribution is -2.29. The Morgan fingerprint density at radius 2 is 1.43 bits per heavy atom. The number of hydrogen-bond acceptors (Lipinski definition) is 5. The number of carbonyl (C=O) groups excluding carboxylic acids is 3. The molecule has 0 fully saturated rings. The van der Waals surface area contributed by atoms with Crippen LogP contribution in [0.15, 0.2) is 140 Å². The zero-order valence-corrected chi connectivity index (χ0v) is 29.5. The molecule has 264 valence electrons. The van der Waals surface area contributed by atoms with Crippen molar-refractivity contribution in [2.45, 2.75) is 6.92 Å². The highest BCUT2D eigenvalue weighted by Crippen LogP contribution is 2.30. The van der Waals surface area contributed by atoms with Gasteiger partial charge in [0.05, 0.1) is 16.9 Å². The number of halogens is 1. The van der Waals surface area contributed by atoms with Crippen molar-refractivity contribution in [1.82, 2.24) is 13.8 Å². The maximum atomic E-state index is 13.8. The Kier molecular flexibility index (Phi) is 8.60. The lowest BCUT2D eigenvalue weighted by molar-refractivity contribution is -0.566. The van der Waals surface area contributed by atoms with E-state index in [1.54, 1.807) is 87.9 Å². The van der Waals surface area contributed by atoms with Crippen LogP contribution >= 0.6 is 11.6 Å². The van der Waals surface area contributed by atoms with Crippen molar-refractivity contribution in [1.29, 1.82) is 0 Å². The summed E-state index contributed by atoms with van der Waals surface area (Å²) >= 11 is 6.38. The van der Waals surface area contributed by atoms with Gasteiger partial charge in [-0.2, -0.15) is 8.97 Å². The minimum Gasteiger partial charge on any atom is -0.507 e. The van der Waals surface area contributed by atoms with Gasteiger partial charge in [0.1, 0.15) is 35.2 Å². The molecule has 0 radical (unpaired) electrons. The van der Waals surface area contributed by atoms with Crippen LogP contribution in [0.5, 0.6) is 5.75 Å². The number of amides is 3. The summed E-state index contributed by atoms with van der Waals surface area (Å²) < 4.78 is 5.38. The largest absolute Gasteiger partial charge is 0.507 e. The maximum absolute atomic E-state index is 13.8. The Morgan fingerprint density at radius 3 is 2.19 bits per heavy atom. The van der Waals surface area contributed by atoms with E-state index >= 15 is 0 Å². The van der Waals surface area contributed by atoms with E-state index in [-0.39, 0.29) is 17.6 Å². The lowest BCUT2D eigenvalue weighted by atomic mass is 10.1. The van der Waals surface area contributed by atoms with Gasteiger partial charge in [-0.25, -0.2) is 4.98 Å². The first-order valence-electron chi connectivity index (χ1n) is 16.9. The highest BCUT2D eigenvalue weighted by atomic mass is 35.5. The van der Waals surface area contributed by atoms with Crippen molar-refractivity contribution in [3.05, 3.63) is 168 Å². The fourth-order valence-corrected chi connectivity index (χ4v) is 6.59. The molecule has 0 aliphatic carbocycles. The van der Waals surface area contributed by atoms with Crippen molar-refractivity contribution >= 4 is 52.0 Å². The smallest absolute Gasteiger partial charge is 0.299 e. The number of para-hydroxylation sites is 2. The van der Waals surface area contributed by atoms with E-state index in [0.717, 1.165) is 27.9 Å². The third-order valence-electron chi connectivity index (χ3n) is 9.23. The summed E-state index contributed by atoms with van der Waals surface area (Å²) in [4.78, 5) is 43.5. The third-order valence-corrected chi connectivity index (χ3v) is 9.56. The van der Waals surface area contributed by atoms with E-state index in [1.807, 2.05) is 66.2 Å². The van der Waals surface area contributed by atoms with Crippen LogP contribution in [0.4, 0.5) is 11.4 Å². The van der Waals surface area contributed by atoms with Crippen LogP contribution < -0.4 is 20.9 Å². The van der Waals surface area contributed by atoms with E-state index < -0.39 is 5.91 Å². The number of aromatic nitrogens is 4. The van der Waals surface area contributed by atoms with Crippen LogP contribution in [0.3, 0.4) is 0 Å². The minimum absolute atomic E-state index is 0.137. The molecule has 0 bridgehead atoms. The lowest BCUT2D eigenvalue weighted by Gasteiger charge is -2.10. The number of nitrogens with two attached hydrogens (primary N) is 1. The van der Waals surface area contributed by atoms with Gasteiger partial charge in [0.25, 0.3) is 17.5 Å². The summed E-state index contributed by atoms with van der Waals surface area (Å²) in [6.07, 6.45) is 6.89. The highest BCUT2D eigenvalue weighted by molar-refractivity contribution is 6.33. The van der Waals surface area contributed by atoms with E-state index in [1.165, 1.54) is 6.20 Å². The van der Waals surface area contributed by atoms with E-state index in [4.69, 9.17) is 17.3 Å². The van der Waals surface area contributed by atoms with Crippen molar-refractivity contribution in [2.24, 2.45) is 5.73 Å². The molecule has 0 saturated heterocycles. The molecule has 0 spiro atoms. The van der Waals surface area contributed by atoms with Crippen molar-refractivity contribution < 1.29 is 24.1 Å². The Labute approximate surface area is 313 Å². The number of benzene rings is 4. The number of carbonyl (C=O) groups is 3. The topological polar surface area (TPSA) is 147 Å². The maximum Gasteiger partial charge on any atom is 0.299 e. The van der Waals surface area contributed by atoms with Gasteiger partial charge in [0, 0.05) is 40.2 Å². The zero-order chi connectivity index (χ0) is 37.5. The summed E-state index contributed by atoms with van der Waals surface area (Å²) in [6, 6.07) is 34.0. The normalized spacial score (nSPS) is 11.1. The second kappa shape index (κ2) is 13.7. The predicted octanol–water partition coefficient (Wildman–Crippen LogP) is 7.47. The van der Waals surface area contributed by atoms with Gasteiger partial charge in [-0.15, -0.1) is 0 Å². The number of aryl methyl sites for hydroxylation is 1. The van der Waals surface area contributed by atoms with Gasteiger partial charge >= 0.3 is 0 Å². The Balaban J connectivity index is 1.13. The van der Waals surface area contributed by atoms with Gasteiger partial charge in [0.15, 0.2) is 0 Å². The van der Waals surface area contributed by atoms with E-state index in [0.29, 0.717) is 50.2 Å². The van der Waals surface area contributed by atoms with Crippen LogP contribution in [0, 0.1) is 6.92 Å². The monoisotopic (exact) mass is 732 g/mol. The summed E-state index contributed by atoms with van der Waals surface area (Å²) in [5.41, 5.74) is 13.4. The molecule has 12 heteroatoms. The first-order chi connectivity index (χ1) is 26.1. The number of nitrogens with zero attached hydrogens (tertiary/aromatic N) is 4. The fourth-order valence-electron chi connectivity index (χ4n) is 6.40. The van der Waals surface area contributed by atoms with Crippen LogP contribution in [0.1, 0.15) is 36.9 Å². The van der Waals surface area contributed by atoms with Crippen LogP contribution in [-0.2, 0) is 0 Å². The molecule has 0 unspecified atom stereocenters. The van der Waals surface area contributed by atoms with Crippen molar-refractivity contribution in [2.75, 3.05) is 10.6 Å². The quantitative estimate of drug-likeness (QED) is 0.120. The molecular formula is C42H31ClN7O4+. The summed E-state index contributed by atoms with van der Waals surface area (Å²) in [5, 5.41) is 16.7. The van der Waals surface area contributed by atoms with E-state index in [2.05, 4.69) is 15.6 Å². The molecule has 8 rings (SSSR count). The van der Waals surface area contributed by atoms with Crippen LogP contribution in [0.25, 0.3) is 39.2 Å². The molecule has 0 saturated carbocycles. The third kappa shape index (κ3) is 6.29. The van der Waals surface area contributed by atoms with Gasteiger partial charge < -0.3 is 21.5 Å². The van der Waals surface area contributed by atoms with E-state index in [9.17, 15) is 19.5 Å². The van der Waals surface area contributed by atoms with Gasteiger partial charge in [0.2, 0.25) is 11.6 Å². The number of anilines is 2. The molecule has 5 N–H and O–H groups in total. The molecule has 4 aromatic carbocycles. The number of imidazole rings is 2. The van der Waals surface area contributed by atoms with Crippen molar-refractivity contribution in [3.8, 4) is 33.7 Å². The molecular weight excluding hydrogens is 702 g/mol. The van der Waals surface area contributed by atoms with Gasteiger partial charge in [-0.3, -0.25) is 18.8 Å². The number of pyridine rings is 2. The molecule has 0 aliphatic heterocycles. The summed E-state index contributed by atoms with van der Waals surface area (Å²) in [7, 11) is 0. The molecule has 54 heavy (non-hydrogen) atoms. The number of phenols is 1. The average molecular weight is 733 g/mol. The zero-order valence-electron chi connectivity index (χ0n) is 28.7. The Bertz CT molecular complexity index is 2790. The second-order valence-corrected chi connectivity index (χ2v) is 13.1. The standard InChI is InChI=1S/C42H30ClN7O4/c1-25-20-30(16-17-33(25)46-41(53)35-21-45-38-18-14-29(23-49(35)38)31-6-2-5-9-37(31)51)48-24-36(42(54)47-34-8-4-3-7-32(34)43)50-22-28(15-19-39(48)50)26-10-12-27(13-11-26)40(44)52/h2-24H,1H3,(H4-,44,46,47,51,52,53,54)/p+1. The second-order valence-electron chi connectivity index (χ2n) is 12.7. The summed E-state index contributed by atoms with van der Waals surface area (Å²) in [5.74, 6) is -1.11. The molecule has 4 aromatic heterocycles. The number of hydrogen-bond donors (Lipinski definition) is 4. The molecule has 4 heterocycles. The molecule has 0 atom stereocenters. The predicted molar refractivity (Wildman–Crippen MR) is 207 cm³/mol. The van der Waals surface area contributed by atoms with Gasteiger partial charge in [-0.1, -0.05) is 54.1 Å². The SMILES string of the molecule is Cc1cc(-[n+]2cc(C(=O)Nc3ccccc3Cl)n3cc(-c4ccc(C(N)=O)cc4)ccc32)ccc1NC(=O)c1cnc2ccc(-c3ccccc3O)cn12. The number of aromatic hydroxyl groups is 1. The van der Waals surface area contributed by atoms with Gasteiger partial charge in [-0.05, 0) is 84.8 Å². The Morgan fingerprint density at radius 1 is 0.741 bits per heavy atom. The fraction of sp³-hybridized carbons (Fsp3) is 0.0238. The van der Waals surface area contributed by atoms with Crippen molar-refractivity contribution in [3.63, 3.8) is 0 Å². The number of phenolic OH excluding ortho intramolecular Hbond substituents is 1. The Hall–Kier alpha value is -7.24. The molecule has 3 amide bonds. The average Bonchev–Trinajstić information content (AvgIpc) is 3.78. The van der Waals surface area contributed by atoms with Crippen LogP contribution in [-0.4, -0.2) is 36.6 Å². The summed E-state index contributed by atoms with van der Waals surface area (Å²) in [6.45, 7) is 1.89. The minimum atomic E-state index is -0.516. The number of primary amides is 1. The first-order valence-corrected chi connectivity index (χ1v) is 17.2. The number of rotatable bonds is 8. The first kappa shape index (κ1) is 33.9. The number of fused-ring (bicyclic) bond motifs is 2. The van der Waals surface area contributed by atoms with Crippen LogP contribution in [0.2, 0.25) is 5.02 Å².